The van der Waals surface area contributed by atoms with Crippen LogP contribution in [-0.4, -0.2) is 45.7 Å². The fourth-order valence-corrected chi connectivity index (χ4v) is 2.65. The second-order valence-electron chi connectivity index (χ2n) is 4.76. The molecule has 0 amide bonds. The van der Waals surface area contributed by atoms with E-state index in [2.05, 4.69) is 0 Å². The summed E-state index contributed by atoms with van der Waals surface area (Å²) < 4.78 is 13.1. The number of fused-ring (bicyclic) bond motifs is 1. The van der Waals surface area contributed by atoms with Crippen LogP contribution in [0, 0.1) is 0 Å². The summed E-state index contributed by atoms with van der Waals surface area (Å²) in [5, 5.41) is 18.9. The van der Waals surface area contributed by atoms with Crippen molar-refractivity contribution in [3.05, 3.63) is 23.5 Å². The second kappa shape index (κ2) is 4.17. The van der Waals surface area contributed by atoms with Crippen molar-refractivity contribution in [2.45, 2.75) is 37.6 Å². The SMILES string of the molecule is O=Cc1ccc2n1C[C@]1(C[C@@H](O)[C@H](CO)O1)OC2. The molecule has 1 aromatic rings. The first-order valence-corrected chi connectivity index (χ1v) is 5.92. The summed E-state index contributed by atoms with van der Waals surface area (Å²) in [4.78, 5) is 10.9. The Morgan fingerprint density at radius 3 is 3.06 bits per heavy atom. The van der Waals surface area contributed by atoms with Crippen LogP contribution in [0.15, 0.2) is 12.1 Å². The van der Waals surface area contributed by atoms with Crippen LogP contribution < -0.4 is 0 Å². The number of carbonyl (C=O) groups is 1. The van der Waals surface area contributed by atoms with Gasteiger partial charge in [0.2, 0.25) is 0 Å². The quantitative estimate of drug-likeness (QED) is 0.705. The Kier molecular flexibility index (Phi) is 2.74. The number of carbonyl (C=O) groups excluding carboxylic acids is 1. The molecular weight excluding hydrogens is 238 g/mol. The molecule has 0 aliphatic carbocycles. The number of hydrogen-bond acceptors (Lipinski definition) is 5. The minimum Gasteiger partial charge on any atom is -0.394 e. The third-order valence-electron chi connectivity index (χ3n) is 3.60. The Morgan fingerprint density at radius 2 is 2.39 bits per heavy atom. The summed E-state index contributed by atoms with van der Waals surface area (Å²) in [6, 6.07) is 3.57. The zero-order chi connectivity index (χ0) is 12.8. The van der Waals surface area contributed by atoms with Crippen molar-refractivity contribution in [1.82, 2.24) is 4.57 Å². The molecule has 6 heteroatoms. The van der Waals surface area contributed by atoms with Gasteiger partial charge in [-0.2, -0.15) is 0 Å². The van der Waals surface area contributed by atoms with E-state index < -0.39 is 18.0 Å². The van der Waals surface area contributed by atoms with E-state index in [0.29, 0.717) is 25.3 Å². The van der Waals surface area contributed by atoms with Crippen molar-refractivity contribution < 1.29 is 24.5 Å². The van der Waals surface area contributed by atoms with Crippen molar-refractivity contribution in [3.63, 3.8) is 0 Å². The maximum atomic E-state index is 10.9. The maximum Gasteiger partial charge on any atom is 0.189 e. The van der Waals surface area contributed by atoms with Gasteiger partial charge in [-0.15, -0.1) is 0 Å². The Bertz CT molecular complexity index is 471. The highest BCUT2D eigenvalue weighted by molar-refractivity contribution is 5.72. The predicted octanol–water partition coefficient (Wildman–Crippen LogP) is -0.331. The summed E-state index contributed by atoms with van der Waals surface area (Å²) in [6.45, 7) is 0.445. The molecule has 2 N–H and O–H groups in total. The molecule has 3 atom stereocenters. The lowest BCUT2D eigenvalue weighted by Crippen LogP contribution is -2.42. The van der Waals surface area contributed by atoms with Gasteiger partial charge >= 0.3 is 0 Å². The lowest BCUT2D eigenvalue weighted by molar-refractivity contribution is -0.255. The molecule has 3 rings (SSSR count). The molecule has 0 unspecified atom stereocenters. The van der Waals surface area contributed by atoms with Crippen molar-refractivity contribution in [3.8, 4) is 0 Å². The highest BCUT2D eigenvalue weighted by atomic mass is 16.7. The van der Waals surface area contributed by atoms with E-state index in [0.717, 1.165) is 12.0 Å². The van der Waals surface area contributed by atoms with Gasteiger partial charge in [-0.1, -0.05) is 0 Å². The first kappa shape index (κ1) is 11.9. The molecule has 6 nitrogen and oxygen atoms in total. The molecule has 1 fully saturated rings. The van der Waals surface area contributed by atoms with Gasteiger partial charge in [0, 0.05) is 12.1 Å². The number of nitrogens with zero attached hydrogens (tertiary/aromatic N) is 1. The molecule has 0 aromatic carbocycles. The van der Waals surface area contributed by atoms with Crippen molar-refractivity contribution in [2.24, 2.45) is 0 Å². The maximum absolute atomic E-state index is 10.9. The van der Waals surface area contributed by atoms with Gasteiger partial charge in [0.25, 0.3) is 0 Å². The predicted molar refractivity (Wildman–Crippen MR) is 59.9 cm³/mol. The summed E-state index contributed by atoms with van der Waals surface area (Å²) in [5.74, 6) is -0.934. The van der Waals surface area contributed by atoms with E-state index in [-0.39, 0.29) is 6.61 Å². The van der Waals surface area contributed by atoms with E-state index in [1.165, 1.54) is 0 Å². The van der Waals surface area contributed by atoms with Gasteiger partial charge in [0.05, 0.1) is 31.6 Å². The fourth-order valence-electron chi connectivity index (χ4n) is 2.65. The van der Waals surface area contributed by atoms with E-state index in [1.54, 1.807) is 6.07 Å². The number of aliphatic hydroxyl groups is 2. The lowest BCUT2D eigenvalue weighted by atomic mass is 10.1. The van der Waals surface area contributed by atoms with Gasteiger partial charge in [-0.05, 0) is 12.1 Å². The highest BCUT2D eigenvalue weighted by Crippen LogP contribution is 2.37. The van der Waals surface area contributed by atoms with Crippen LogP contribution in [0.2, 0.25) is 0 Å². The van der Waals surface area contributed by atoms with Crippen molar-refractivity contribution in [1.29, 1.82) is 0 Å². The smallest absolute Gasteiger partial charge is 0.189 e. The molecule has 18 heavy (non-hydrogen) atoms. The zero-order valence-corrected chi connectivity index (χ0v) is 9.78. The minimum absolute atomic E-state index is 0.245. The summed E-state index contributed by atoms with van der Waals surface area (Å²) >= 11 is 0. The molecule has 0 saturated carbocycles. The first-order chi connectivity index (χ1) is 8.67. The fraction of sp³-hybridized carbons (Fsp3) is 0.583. The number of hydrogen-bond donors (Lipinski definition) is 2. The number of aromatic nitrogens is 1. The minimum atomic E-state index is -0.934. The molecule has 0 radical (unpaired) electrons. The normalized spacial score (nSPS) is 34.8. The standard InChI is InChI=1S/C12H15NO5/c14-4-8-1-2-9-6-17-12(7-13(8)9)3-10(16)11(5-15)18-12/h1-2,4,10-11,15-16H,3,5-7H2/t10-,11+,12-/m1/s1. The van der Waals surface area contributed by atoms with Crippen molar-refractivity contribution >= 4 is 6.29 Å². The van der Waals surface area contributed by atoms with E-state index in [4.69, 9.17) is 14.6 Å². The van der Waals surface area contributed by atoms with Gasteiger partial charge < -0.3 is 24.3 Å². The van der Waals surface area contributed by atoms with Gasteiger partial charge in [-0.25, -0.2) is 0 Å². The van der Waals surface area contributed by atoms with E-state index in [9.17, 15) is 9.90 Å². The molecule has 2 aliphatic rings. The average Bonchev–Trinajstić information content (AvgIpc) is 2.90. The van der Waals surface area contributed by atoms with Gasteiger partial charge in [0.1, 0.15) is 6.10 Å². The van der Waals surface area contributed by atoms with Crippen LogP contribution in [0.25, 0.3) is 0 Å². The highest BCUT2D eigenvalue weighted by Gasteiger charge is 2.49. The van der Waals surface area contributed by atoms with Crippen LogP contribution in [0.4, 0.5) is 0 Å². The molecule has 0 bridgehead atoms. The molecular formula is C12H15NO5. The summed E-state index contributed by atoms with van der Waals surface area (Å²) in [6.07, 6.45) is -0.278. The number of aliphatic hydroxyl groups excluding tert-OH is 2. The van der Waals surface area contributed by atoms with Gasteiger partial charge in [-0.3, -0.25) is 4.79 Å². The zero-order valence-electron chi connectivity index (χ0n) is 9.78. The van der Waals surface area contributed by atoms with E-state index >= 15 is 0 Å². The summed E-state index contributed by atoms with van der Waals surface area (Å²) in [7, 11) is 0. The molecule has 1 saturated heterocycles. The molecule has 1 spiro atoms. The third-order valence-corrected chi connectivity index (χ3v) is 3.60. The van der Waals surface area contributed by atoms with Crippen LogP contribution in [-0.2, 0) is 22.6 Å². The monoisotopic (exact) mass is 253 g/mol. The number of ether oxygens (including phenoxy) is 2. The molecule has 3 heterocycles. The van der Waals surface area contributed by atoms with Gasteiger partial charge in [0.15, 0.2) is 12.1 Å². The molecule has 1 aromatic heterocycles. The van der Waals surface area contributed by atoms with Crippen LogP contribution in [0.1, 0.15) is 22.6 Å². The van der Waals surface area contributed by atoms with E-state index in [1.807, 2.05) is 10.6 Å². The van der Waals surface area contributed by atoms with Crippen molar-refractivity contribution in [2.75, 3.05) is 6.61 Å². The Balaban J connectivity index is 1.88. The Labute approximate surface area is 104 Å². The van der Waals surface area contributed by atoms with Crippen LogP contribution in [0.5, 0.6) is 0 Å². The lowest BCUT2D eigenvalue weighted by Gasteiger charge is -2.35. The second-order valence-corrected chi connectivity index (χ2v) is 4.76. The number of aldehydes is 1. The topological polar surface area (TPSA) is 80.9 Å². The Morgan fingerprint density at radius 1 is 1.56 bits per heavy atom. The molecule has 2 aliphatic heterocycles. The Hall–Kier alpha value is -1.21. The summed E-state index contributed by atoms with van der Waals surface area (Å²) in [5.41, 5.74) is 1.48. The molecule has 98 valence electrons. The van der Waals surface area contributed by atoms with Crippen LogP contribution in [0.3, 0.4) is 0 Å². The average molecular weight is 253 g/mol. The number of rotatable bonds is 2. The largest absolute Gasteiger partial charge is 0.394 e. The van der Waals surface area contributed by atoms with Crippen LogP contribution >= 0.6 is 0 Å². The first-order valence-electron chi connectivity index (χ1n) is 5.92. The third kappa shape index (κ3) is 1.69.